The van der Waals surface area contributed by atoms with Crippen molar-refractivity contribution in [3.63, 3.8) is 0 Å². The van der Waals surface area contributed by atoms with Crippen molar-refractivity contribution in [1.29, 1.82) is 0 Å². The number of thiazole rings is 1. The molecule has 1 aliphatic rings. The van der Waals surface area contributed by atoms with Crippen LogP contribution in [0.3, 0.4) is 0 Å². The molecule has 0 bridgehead atoms. The van der Waals surface area contributed by atoms with E-state index in [1.807, 2.05) is 12.3 Å². The second-order valence-electron chi connectivity index (χ2n) is 5.25. The fraction of sp³-hybridized carbons (Fsp3) is 0.538. The van der Waals surface area contributed by atoms with Gasteiger partial charge in [0, 0.05) is 11.4 Å². The monoisotopic (exact) mass is 294 g/mol. The van der Waals surface area contributed by atoms with E-state index in [0.29, 0.717) is 11.9 Å². The number of anilines is 2. The Morgan fingerprint density at radius 1 is 1.53 bits per heavy atom. The van der Waals surface area contributed by atoms with Gasteiger partial charge in [-0.3, -0.25) is 0 Å². The van der Waals surface area contributed by atoms with Gasteiger partial charge in [-0.2, -0.15) is 4.37 Å². The molecule has 1 unspecified atom stereocenters. The van der Waals surface area contributed by atoms with Crippen LogP contribution in [0.5, 0.6) is 0 Å². The number of nitrogen functional groups attached to an aromatic ring is 1. The highest BCUT2D eigenvalue weighted by Gasteiger charge is 2.25. The van der Waals surface area contributed by atoms with Gasteiger partial charge in [-0.05, 0) is 37.7 Å². The van der Waals surface area contributed by atoms with Crippen molar-refractivity contribution in [2.45, 2.75) is 39.2 Å². The Hall–Kier alpha value is -1.14. The fourth-order valence-electron chi connectivity index (χ4n) is 2.26. The van der Waals surface area contributed by atoms with E-state index in [4.69, 9.17) is 5.73 Å². The lowest BCUT2D eigenvalue weighted by Gasteiger charge is -2.13. The van der Waals surface area contributed by atoms with Gasteiger partial charge in [-0.15, -0.1) is 11.3 Å². The summed E-state index contributed by atoms with van der Waals surface area (Å²) in [5.41, 5.74) is 7.91. The van der Waals surface area contributed by atoms with Gasteiger partial charge >= 0.3 is 0 Å². The lowest BCUT2D eigenvalue weighted by atomic mass is 10.1. The third-order valence-corrected chi connectivity index (χ3v) is 4.92. The van der Waals surface area contributed by atoms with Gasteiger partial charge in [-0.25, -0.2) is 4.98 Å². The van der Waals surface area contributed by atoms with E-state index in [1.54, 1.807) is 11.3 Å². The average molecular weight is 294 g/mol. The van der Waals surface area contributed by atoms with Crippen LogP contribution in [0.15, 0.2) is 5.38 Å². The molecule has 6 heteroatoms. The van der Waals surface area contributed by atoms with Crippen molar-refractivity contribution >= 4 is 33.7 Å². The van der Waals surface area contributed by atoms with E-state index in [-0.39, 0.29) is 0 Å². The zero-order valence-electron chi connectivity index (χ0n) is 11.1. The average Bonchev–Trinajstić information content (AvgIpc) is 2.95. The van der Waals surface area contributed by atoms with Crippen LogP contribution in [-0.4, -0.2) is 15.4 Å². The standard InChI is InChI=1S/C13H18N4S2/c1-7(5-9-3-4-9)15-13-11(12(14)17-19-13)10-6-18-8(2)16-10/h6-7,9,15H,3-5H2,1-2H3,(H2,14,17). The summed E-state index contributed by atoms with van der Waals surface area (Å²) in [6.45, 7) is 4.23. The molecule has 3 rings (SSSR count). The molecule has 1 saturated carbocycles. The zero-order chi connectivity index (χ0) is 13.4. The van der Waals surface area contributed by atoms with Gasteiger partial charge in [0.15, 0.2) is 0 Å². The topological polar surface area (TPSA) is 63.8 Å². The maximum Gasteiger partial charge on any atom is 0.148 e. The number of hydrogen-bond acceptors (Lipinski definition) is 6. The Balaban J connectivity index is 1.81. The van der Waals surface area contributed by atoms with Crippen LogP contribution in [0.2, 0.25) is 0 Å². The maximum atomic E-state index is 6.00. The molecule has 0 radical (unpaired) electrons. The summed E-state index contributed by atoms with van der Waals surface area (Å²) in [5, 5.41) is 7.70. The molecule has 19 heavy (non-hydrogen) atoms. The highest BCUT2D eigenvalue weighted by atomic mass is 32.1. The molecule has 0 spiro atoms. The molecule has 0 aliphatic heterocycles. The van der Waals surface area contributed by atoms with Crippen molar-refractivity contribution in [3.05, 3.63) is 10.4 Å². The van der Waals surface area contributed by atoms with Crippen LogP contribution >= 0.6 is 22.9 Å². The van der Waals surface area contributed by atoms with Crippen molar-refractivity contribution in [2.24, 2.45) is 5.92 Å². The molecule has 1 atom stereocenters. The lowest BCUT2D eigenvalue weighted by molar-refractivity contribution is 0.643. The molecule has 1 aliphatic carbocycles. The Bertz CT molecular complexity index is 571. The number of nitrogens with two attached hydrogens (primary N) is 1. The number of rotatable bonds is 5. The quantitative estimate of drug-likeness (QED) is 0.881. The minimum atomic E-state index is 0.464. The van der Waals surface area contributed by atoms with Crippen LogP contribution in [0.25, 0.3) is 11.3 Å². The number of aromatic nitrogens is 2. The Morgan fingerprint density at radius 3 is 2.95 bits per heavy atom. The summed E-state index contributed by atoms with van der Waals surface area (Å²) in [4.78, 5) is 4.52. The first-order valence-electron chi connectivity index (χ1n) is 6.57. The summed E-state index contributed by atoms with van der Waals surface area (Å²) < 4.78 is 4.27. The SMILES string of the molecule is Cc1nc(-c2c(N)nsc2NC(C)CC2CC2)cs1. The normalized spacial score (nSPS) is 16.5. The zero-order valence-corrected chi connectivity index (χ0v) is 12.8. The Kier molecular flexibility index (Phi) is 3.45. The molecular weight excluding hydrogens is 276 g/mol. The van der Waals surface area contributed by atoms with Gasteiger partial charge in [0.2, 0.25) is 0 Å². The van der Waals surface area contributed by atoms with E-state index >= 15 is 0 Å². The minimum Gasteiger partial charge on any atom is -0.382 e. The number of nitrogens with one attached hydrogen (secondary N) is 1. The van der Waals surface area contributed by atoms with Crippen molar-refractivity contribution in [3.8, 4) is 11.3 Å². The van der Waals surface area contributed by atoms with Gasteiger partial charge in [0.05, 0.1) is 16.3 Å². The maximum absolute atomic E-state index is 6.00. The summed E-state index contributed by atoms with van der Waals surface area (Å²) >= 11 is 3.08. The molecule has 0 aromatic carbocycles. The second-order valence-corrected chi connectivity index (χ2v) is 7.08. The molecule has 0 amide bonds. The Morgan fingerprint density at radius 2 is 2.32 bits per heavy atom. The van der Waals surface area contributed by atoms with Crippen LogP contribution < -0.4 is 11.1 Å². The van der Waals surface area contributed by atoms with E-state index in [9.17, 15) is 0 Å². The Labute approximate surface area is 121 Å². The van der Waals surface area contributed by atoms with Crippen molar-refractivity contribution < 1.29 is 0 Å². The molecule has 1 fully saturated rings. The summed E-state index contributed by atoms with van der Waals surface area (Å²) in [5.74, 6) is 1.49. The summed E-state index contributed by atoms with van der Waals surface area (Å²) in [6.07, 6.45) is 4.00. The molecule has 2 heterocycles. The third-order valence-electron chi connectivity index (χ3n) is 3.35. The van der Waals surface area contributed by atoms with Crippen molar-refractivity contribution in [1.82, 2.24) is 9.36 Å². The molecule has 0 saturated heterocycles. The van der Waals surface area contributed by atoms with E-state index < -0.39 is 0 Å². The second kappa shape index (κ2) is 5.09. The van der Waals surface area contributed by atoms with E-state index in [2.05, 4.69) is 21.6 Å². The third kappa shape index (κ3) is 2.90. The molecule has 2 aromatic heterocycles. The van der Waals surface area contributed by atoms with Crippen LogP contribution in [-0.2, 0) is 0 Å². The molecule has 3 N–H and O–H groups in total. The van der Waals surface area contributed by atoms with E-state index in [1.165, 1.54) is 30.8 Å². The van der Waals surface area contributed by atoms with Gasteiger partial charge in [0.25, 0.3) is 0 Å². The van der Waals surface area contributed by atoms with E-state index in [0.717, 1.165) is 27.2 Å². The summed E-state index contributed by atoms with van der Waals surface area (Å²) in [7, 11) is 0. The van der Waals surface area contributed by atoms with Crippen LogP contribution in [0, 0.1) is 12.8 Å². The first-order valence-corrected chi connectivity index (χ1v) is 8.23. The highest BCUT2D eigenvalue weighted by molar-refractivity contribution is 7.11. The smallest absolute Gasteiger partial charge is 0.148 e. The number of aryl methyl sites for hydroxylation is 1. The van der Waals surface area contributed by atoms with Gasteiger partial charge in [0.1, 0.15) is 10.8 Å². The lowest BCUT2D eigenvalue weighted by Crippen LogP contribution is -2.15. The van der Waals surface area contributed by atoms with Gasteiger partial charge < -0.3 is 11.1 Å². The molecule has 4 nitrogen and oxygen atoms in total. The predicted molar refractivity (Wildman–Crippen MR) is 82.8 cm³/mol. The van der Waals surface area contributed by atoms with Crippen LogP contribution in [0.1, 0.15) is 31.2 Å². The fourth-order valence-corrected chi connectivity index (χ4v) is 3.70. The molecule has 2 aromatic rings. The minimum absolute atomic E-state index is 0.464. The number of nitrogens with zero attached hydrogens (tertiary/aromatic N) is 2. The van der Waals surface area contributed by atoms with Gasteiger partial charge in [-0.1, -0.05) is 12.8 Å². The molecule has 102 valence electrons. The van der Waals surface area contributed by atoms with Crippen LogP contribution in [0.4, 0.5) is 10.8 Å². The largest absolute Gasteiger partial charge is 0.382 e. The van der Waals surface area contributed by atoms with Crippen molar-refractivity contribution in [2.75, 3.05) is 11.1 Å². The molecular formula is C13H18N4S2. The first kappa shape index (κ1) is 12.9. The number of hydrogen-bond donors (Lipinski definition) is 2. The highest BCUT2D eigenvalue weighted by Crippen LogP contribution is 2.39. The first-order chi connectivity index (χ1) is 9.13. The summed E-state index contributed by atoms with van der Waals surface area (Å²) in [6, 6.07) is 0.464. The predicted octanol–water partition coefficient (Wildman–Crippen LogP) is 3.76.